The second-order valence-corrected chi connectivity index (χ2v) is 8.93. The molecule has 4 rings (SSSR count). The van der Waals surface area contributed by atoms with E-state index in [4.69, 9.17) is 4.74 Å². The molecule has 2 N–H and O–H groups in total. The van der Waals surface area contributed by atoms with Crippen LogP contribution in [0.3, 0.4) is 0 Å². The van der Waals surface area contributed by atoms with Crippen molar-refractivity contribution in [1.29, 1.82) is 0 Å². The van der Waals surface area contributed by atoms with Gasteiger partial charge >= 0.3 is 0 Å². The summed E-state index contributed by atoms with van der Waals surface area (Å²) in [7, 11) is 3.57. The zero-order chi connectivity index (χ0) is 22.3. The first-order valence-electron chi connectivity index (χ1n) is 11.7. The fourth-order valence-corrected chi connectivity index (χ4v) is 4.71. The molecule has 6 heteroatoms. The Morgan fingerprint density at radius 3 is 2.34 bits per heavy atom. The number of aliphatic imine (C=N–C) groups is 1. The minimum atomic E-state index is -0.115. The molecule has 0 bridgehead atoms. The summed E-state index contributed by atoms with van der Waals surface area (Å²) in [5, 5.41) is 13.2. The van der Waals surface area contributed by atoms with E-state index in [9.17, 15) is 5.11 Å². The molecule has 2 aliphatic rings. The van der Waals surface area contributed by atoms with Crippen molar-refractivity contribution in [2.75, 3.05) is 40.3 Å². The lowest BCUT2D eigenvalue weighted by Crippen LogP contribution is -2.39. The van der Waals surface area contributed by atoms with Crippen LogP contribution in [0.2, 0.25) is 0 Å². The summed E-state index contributed by atoms with van der Waals surface area (Å²) in [4.78, 5) is 9.31. The molecule has 2 heterocycles. The number of ether oxygens (including phenoxy) is 1. The van der Waals surface area contributed by atoms with Crippen molar-refractivity contribution in [1.82, 2.24) is 15.1 Å². The van der Waals surface area contributed by atoms with Gasteiger partial charge in [-0.1, -0.05) is 36.4 Å². The fraction of sp³-hybridized carbons (Fsp3) is 0.500. The molecule has 2 aromatic rings. The smallest absolute Gasteiger partial charge is 0.193 e. The van der Waals surface area contributed by atoms with Crippen LogP contribution in [-0.2, 0) is 13.1 Å². The van der Waals surface area contributed by atoms with Crippen molar-refractivity contribution in [3.05, 3.63) is 65.2 Å². The van der Waals surface area contributed by atoms with Gasteiger partial charge in [0.1, 0.15) is 5.75 Å². The Balaban J connectivity index is 1.26. The normalized spacial score (nSPS) is 20.5. The average Bonchev–Trinajstić information content (AvgIpc) is 3.32. The summed E-state index contributed by atoms with van der Waals surface area (Å²) in [5.74, 6) is 2.40. The molecule has 6 nitrogen and oxygen atoms in total. The molecule has 0 saturated carbocycles. The number of benzene rings is 2. The molecule has 2 aromatic carbocycles. The highest BCUT2D eigenvalue weighted by Gasteiger charge is 2.26. The lowest BCUT2D eigenvalue weighted by Gasteiger charge is -2.29. The van der Waals surface area contributed by atoms with Gasteiger partial charge in [-0.2, -0.15) is 0 Å². The fourth-order valence-electron chi connectivity index (χ4n) is 4.71. The standard InChI is InChI=1S/C26H36N4O2/c1-27-26(30-16-11-23(19-30)22-7-9-25(32-2)10-8-22)28-17-20-3-5-21(6-4-20)18-29-14-12-24(31)13-15-29/h3-10,23-24,31H,11-19H2,1-2H3,(H,27,28). The molecule has 0 radical (unpaired) electrons. The van der Waals surface area contributed by atoms with E-state index in [2.05, 4.69) is 56.5 Å². The molecular formula is C26H36N4O2. The number of guanidine groups is 1. The number of aliphatic hydroxyl groups excluding tert-OH is 1. The average molecular weight is 437 g/mol. The Morgan fingerprint density at radius 2 is 1.69 bits per heavy atom. The third kappa shape index (κ3) is 5.81. The maximum absolute atomic E-state index is 9.67. The monoisotopic (exact) mass is 436 g/mol. The number of aliphatic hydroxyl groups is 1. The van der Waals surface area contributed by atoms with Gasteiger partial charge in [0.2, 0.25) is 0 Å². The predicted molar refractivity (Wildman–Crippen MR) is 129 cm³/mol. The van der Waals surface area contributed by atoms with E-state index in [1.165, 1.54) is 16.7 Å². The molecule has 1 unspecified atom stereocenters. The van der Waals surface area contributed by atoms with Crippen molar-refractivity contribution < 1.29 is 9.84 Å². The number of hydrogen-bond donors (Lipinski definition) is 2. The highest BCUT2D eigenvalue weighted by Crippen LogP contribution is 2.28. The van der Waals surface area contributed by atoms with E-state index in [1.807, 2.05) is 19.2 Å². The summed E-state index contributed by atoms with van der Waals surface area (Å²) < 4.78 is 5.28. The number of rotatable bonds is 6. The molecule has 0 spiro atoms. The van der Waals surface area contributed by atoms with Crippen molar-refractivity contribution in [3.8, 4) is 5.75 Å². The molecule has 2 fully saturated rings. The minimum Gasteiger partial charge on any atom is -0.497 e. The van der Waals surface area contributed by atoms with Gasteiger partial charge in [-0.05, 0) is 48.1 Å². The first-order chi connectivity index (χ1) is 15.6. The van der Waals surface area contributed by atoms with E-state index in [-0.39, 0.29) is 6.10 Å². The molecule has 1 atom stereocenters. The third-order valence-corrected chi connectivity index (χ3v) is 6.72. The number of piperidine rings is 1. The molecule has 0 aromatic heterocycles. The van der Waals surface area contributed by atoms with Gasteiger partial charge in [0, 0.05) is 52.2 Å². The number of nitrogens with one attached hydrogen (secondary N) is 1. The maximum Gasteiger partial charge on any atom is 0.193 e. The van der Waals surface area contributed by atoms with Crippen LogP contribution in [0, 0.1) is 0 Å². The van der Waals surface area contributed by atoms with Crippen LogP contribution < -0.4 is 10.1 Å². The Kier molecular flexibility index (Phi) is 7.66. The molecule has 0 aliphatic carbocycles. The third-order valence-electron chi connectivity index (χ3n) is 6.72. The molecule has 32 heavy (non-hydrogen) atoms. The van der Waals surface area contributed by atoms with Crippen LogP contribution in [0.15, 0.2) is 53.5 Å². The largest absolute Gasteiger partial charge is 0.497 e. The Labute approximate surface area is 191 Å². The molecule has 2 saturated heterocycles. The van der Waals surface area contributed by atoms with Gasteiger partial charge in [0.15, 0.2) is 5.96 Å². The van der Waals surface area contributed by atoms with E-state index in [1.54, 1.807) is 7.11 Å². The summed E-state index contributed by atoms with van der Waals surface area (Å²) in [6, 6.07) is 17.3. The zero-order valence-corrected chi connectivity index (χ0v) is 19.3. The van der Waals surface area contributed by atoms with E-state index in [0.717, 1.165) is 70.2 Å². The van der Waals surface area contributed by atoms with Crippen LogP contribution in [0.5, 0.6) is 5.75 Å². The predicted octanol–water partition coefficient (Wildman–Crippen LogP) is 3.22. The van der Waals surface area contributed by atoms with Gasteiger partial charge in [-0.15, -0.1) is 0 Å². The van der Waals surface area contributed by atoms with E-state index < -0.39 is 0 Å². The maximum atomic E-state index is 9.67. The second kappa shape index (κ2) is 10.8. The van der Waals surface area contributed by atoms with Gasteiger partial charge in [0.05, 0.1) is 13.2 Å². The lowest BCUT2D eigenvalue weighted by molar-refractivity contribution is 0.0792. The topological polar surface area (TPSA) is 60.3 Å². The van der Waals surface area contributed by atoms with Gasteiger partial charge < -0.3 is 20.1 Å². The lowest BCUT2D eigenvalue weighted by atomic mass is 9.98. The van der Waals surface area contributed by atoms with Crippen molar-refractivity contribution in [3.63, 3.8) is 0 Å². The quantitative estimate of drug-likeness (QED) is 0.538. The number of nitrogens with zero attached hydrogens (tertiary/aromatic N) is 3. The zero-order valence-electron chi connectivity index (χ0n) is 19.3. The Morgan fingerprint density at radius 1 is 1.00 bits per heavy atom. The van der Waals surface area contributed by atoms with Crippen LogP contribution >= 0.6 is 0 Å². The summed E-state index contributed by atoms with van der Waals surface area (Å²) in [6.07, 6.45) is 2.79. The van der Waals surface area contributed by atoms with Crippen molar-refractivity contribution in [2.45, 2.75) is 44.4 Å². The molecule has 172 valence electrons. The second-order valence-electron chi connectivity index (χ2n) is 8.93. The van der Waals surface area contributed by atoms with Gasteiger partial charge in [-0.25, -0.2) is 0 Å². The van der Waals surface area contributed by atoms with Crippen molar-refractivity contribution >= 4 is 5.96 Å². The van der Waals surface area contributed by atoms with Crippen LogP contribution in [0.25, 0.3) is 0 Å². The summed E-state index contributed by atoms with van der Waals surface area (Å²) in [5.41, 5.74) is 3.95. The van der Waals surface area contributed by atoms with E-state index in [0.29, 0.717) is 5.92 Å². The molecular weight excluding hydrogens is 400 g/mol. The first-order valence-corrected chi connectivity index (χ1v) is 11.7. The van der Waals surface area contributed by atoms with E-state index >= 15 is 0 Å². The van der Waals surface area contributed by atoms with Gasteiger partial charge in [0.25, 0.3) is 0 Å². The van der Waals surface area contributed by atoms with Gasteiger partial charge in [-0.3, -0.25) is 9.89 Å². The van der Waals surface area contributed by atoms with Crippen molar-refractivity contribution in [2.24, 2.45) is 4.99 Å². The number of hydrogen-bond acceptors (Lipinski definition) is 4. The number of methoxy groups -OCH3 is 1. The Bertz CT molecular complexity index is 874. The Hall–Kier alpha value is -2.57. The highest BCUT2D eigenvalue weighted by atomic mass is 16.5. The summed E-state index contributed by atoms with van der Waals surface area (Å²) >= 11 is 0. The van der Waals surface area contributed by atoms with Crippen LogP contribution in [0.4, 0.5) is 0 Å². The first kappa shape index (κ1) is 22.6. The number of likely N-dealkylation sites (tertiary alicyclic amines) is 2. The molecule has 2 aliphatic heterocycles. The van der Waals surface area contributed by atoms with Crippen LogP contribution in [-0.4, -0.2) is 67.3 Å². The van der Waals surface area contributed by atoms with Crippen LogP contribution in [0.1, 0.15) is 41.9 Å². The SMILES string of the molecule is CN=C(NCc1ccc(CN2CCC(O)CC2)cc1)N1CCC(c2ccc(OC)cc2)C1. The highest BCUT2D eigenvalue weighted by molar-refractivity contribution is 5.80. The minimum absolute atomic E-state index is 0.115. The summed E-state index contributed by atoms with van der Waals surface area (Å²) in [6.45, 7) is 5.69. The molecule has 0 amide bonds.